The predicted octanol–water partition coefficient (Wildman–Crippen LogP) is 11.2. The van der Waals surface area contributed by atoms with Gasteiger partial charge in [-0.3, -0.25) is 14.1 Å². The van der Waals surface area contributed by atoms with E-state index < -0.39 is 32.5 Å². The molecule has 0 spiro atoms. The van der Waals surface area contributed by atoms with Crippen LogP contribution >= 0.6 is 7.82 Å². The van der Waals surface area contributed by atoms with Crippen LogP contribution in [-0.4, -0.2) is 41.0 Å². The summed E-state index contributed by atoms with van der Waals surface area (Å²) in [6, 6.07) is 0. The van der Waals surface area contributed by atoms with Crippen LogP contribution in [0.5, 0.6) is 0 Å². The van der Waals surface area contributed by atoms with E-state index in [1.807, 2.05) is 0 Å². The van der Waals surface area contributed by atoms with Gasteiger partial charge in [-0.1, -0.05) is 146 Å². The zero-order chi connectivity index (χ0) is 35.4. The number of hydrogen-bond donors (Lipinski definition) is 2. The van der Waals surface area contributed by atoms with Gasteiger partial charge in [-0.15, -0.1) is 0 Å². The minimum atomic E-state index is -4.75. The minimum absolute atomic E-state index is 0.205. The fraction of sp³-hybridized carbons (Fsp3) is 0.744. The molecule has 0 aliphatic carbocycles. The van der Waals surface area contributed by atoms with Crippen LogP contribution in [0.2, 0.25) is 0 Å². The molecule has 0 saturated carbocycles. The van der Waals surface area contributed by atoms with E-state index in [2.05, 4.69) is 67.0 Å². The van der Waals surface area contributed by atoms with Crippen LogP contribution in [0.3, 0.4) is 0 Å². The summed E-state index contributed by atoms with van der Waals surface area (Å²) in [5.41, 5.74) is 0. The van der Waals surface area contributed by atoms with E-state index in [0.717, 1.165) is 57.8 Å². The molecule has 278 valence electrons. The molecule has 0 radical (unpaired) electrons. The number of rotatable bonds is 34. The van der Waals surface area contributed by atoms with Crippen LogP contribution in [0.25, 0.3) is 0 Å². The molecule has 48 heavy (non-hydrogen) atoms. The highest BCUT2D eigenvalue weighted by molar-refractivity contribution is 7.46. The number of unbranched alkanes of at least 4 members (excludes halogenated alkanes) is 16. The standard InChI is InChI=1S/C39H69O8P/c1-3-5-7-9-11-13-15-16-17-18-19-20-21-22-24-25-27-29-31-33-38(40)45-35-37(36-46-48(42,43)44)47-39(41)34-32-30-28-26-23-14-12-10-8-6-4-2/h11,13,16-17,19-20,22,24,37H,3-10,12,14-15,18,21,23,25-36H2,1-2H3,(H2,42,43,44)/b13-11-,17-16-,20-19-,24-22-/t37-/m1/s1. The van der Waals surface area contributed by atoms with Crippen LogP contribution in [-0.2, 0) is 28.2 Å². The fourth-order valence-corrected chi connectivity index (χ4v) is 5.36. The Hall–Kier alpha value is -1.99. The number of hydrogen-bond acceptors (Lipinski definition) is 6. The Balaban J connectivity index is 4.02. The van der Waals surface area contributed by atoms with Gasteiger partial charge in [0.05, 0.1) is 6.61 Å². The lowest BCUT2D eigenvalue weighted by Gasteiger charge is -2.18. The quantitative estimate of drug-likeness (QED) is 0.0295. The summed E-state index contributed by atoms with van der Waals surface area (Å²) in [5.74, 6) is -0.923. The number of carbonyl (C=O) groups excluding carboxylic acids is 2. The minimum Gasteiger partial charge on any atom is -0.462 e. The zero-order valence-corrected chi connectivity index (χ0v) is 31.3. The fourth-order valence-electron chi connectivity index (χ4n) is 5.00. The summed E-state index contributed by atoms with van der Waals surface area (Å²) in [4.78, 5) is 42.6. The molecule has 0 saturated heterocycles. The number of phosphoric acid groups is 1. The van der Waals surface area contributed by atoms with Crippen molar-refractivity contribution in [3.05, 3.63) is 48.6 Å². The second-order valence-corrected chi connectivity index (χ2v) is 13.8. The van der Waals surface area contributed by atoms with Gasteiger partial charge >= 0.3 is 19.8 Å². The molecule has 0 bridgehead atoms. The molecule has 0 aliphatic heterocycles. The average molecular weight is 697 g/mol. The zero-order valence-electron chi connectivity index (χ0n) is 30.4. The highest BCUT2D eigenvalue weighted by Crippen LogP contribution is 2.36. The molecule has 0 aromatic heterocycles. The van der Waals surface area contributed by atoms with Gasteiger partial charge in [-0.25, -0.2) is 4.57 Å². The van der Waals surface area contributed by atoms with Gasteiger partial charge in [0.1, 0.15) is 6.61 Å². The Labute approximate surface area is 293 Å². The van der Waals surface area contributed by atoms with E-state index >= 15 is 0 Å². The molecule has 0 rings (SSSR count). The summed E-state index contributed by atoms with van der Waals surface area (Å²) in [6.07, 6.45) is 41.2. The van der Waals surface area contributed by atoms with Crippen LogP contribution < -0.4 is 0 Å². The maximum Gasteiger partial charge on any atom is 0.469 e. The topological polar surface area (TPSA) is 119 Å². The number of esters is 2. The van der Waals surface area contributed by atoms with Crippen molar-refractivity contribution in [1.82, 2.24) is 0 Å². The van der Waals surface area contributed by atoms with Crippen LogP contribution in [0.4, 0.5) is 0 Å². The van der Waals surface area contributed by atoms with Gasteiger partial charge in [0.25, 0.3) is 0 Å². The molecule has 0 heterocycles. The average Bonchev–Trinajstić information content (AvgIpc) is 3.05. The third-order valence-corrected chi connectivity index (χ3v) is 8.34. The monoisotopic (exact) mass is 696 g/mol. The van der Waals surface area contributed by atoms with Gasteiger partial charge in [0.2, 0.25) is 0 Å². The number of phosphoric ester groups is 1. The molecule has 0 unspecified atom stereocenters. The van der Waals surface area contributed by atoms with Gasteiger partial charge in [0.15, 0.2) is 6.10 Å². The van der Waals surface area contributed by atoms with Crippen molar-refractivity contribution in [3.63, 3.8) is 0 Å². The highest BCUT2D eigenvalue weighted by Gasteiger charge is 2.22. The van der Waals surface area contributed by atoms with E-state index in [-0.39, 0.29) is 19.4 Å². The first-order valence-corrected chi connectivity index (χ1v) is 20.5. The molecule has 1 atom stereocenters. The molecule has 0 amide bonds. The summed E-state index contributed by atoms with van der Waals surface area (Å²) >= 11 is 0. The smallest absolute Gasteiger partial charge is 0.462 e. The maximum absolute atomic E-state index is 12.3. The second-order valence-electron chi connectivity index (χ2n) is 12.6. The van der Waals surface area contributed by atoms with Crippen molar-refractivity contribution < 1.29 is 37.9 Å². The van der Waals surface area contributed by atoms with Crippen molar-refractivity contribution in [2.45, 2.75) is 174 Å². The highest BCUT2D eigenvalue weighted by atomic mass is 31.2. The summed E-state index contributed by atoms with van der Waals surface area (Å²) < 4.78 is 26.2. The lowest BCUT2D eigenvalue weighted by Crippen LogP contribution is -2.29. The van der Waals surface area contributed by atoms with Crippen molar-refractivity contribution in [2.75, 3.05) is 13.2 Å². The molecule has 0 aliphatic rings. The molecule has 0 aromatic rings. The van der Waals surface area contributed by atoms with E-state index in [0.29, 0.717) is 12.8 Å². The molecule has 0 aromatic carbocycles. The second kappa shape index (κ2) is 34.9. The summed E-state index contributed by atoms with van der Waals surface area (Å²) in [5, 5.41) is 0. The number of allylic oxidation sites excluding steroid dienone is 8. The van der Waals surface area contributed by atoms with E-state index in [4.69, 9.17) is 19.3 Å². The third kappa shape index (κ3) is 36.8. The van der Waals surface area contributed by atoms with Crippen molar-refractivity contribution in [1.29, 1.82) is 0 Å². The molecular weight excluding hydrogens is 627 g/mol. The lowest BCUT2D eigenvalue weighted by molar-refractivity contribution is -0.161. The predicted molar refractivity (Wildman–Crippen MR) is 198 cm³/mol. The maximum atomic E-state index is 12.3. The molecule has 9 heteroatoms. The Morgan fingerprint density at radius 1 is 0.542 bits per heavy atom. The van der Waals surface area contributed by atoms with Gasteiger partial charge in [-0.2, -0.15) is 0 Å². The SMILES string of the molecule is CCCCC/C=C\C/C=C\C/C=C\C/C=C\CCCCCC(=O)OC[C@H](COP(=O)(O)O)OC(=O)CCCCCCCCCCCCC. The van der Waals surface area contributed by atoms with Crippen LogP contribution in [0.15, 0.2) is 48.6 Å². The van der Waals surface area contributed by atoms with E-state index in [1.54, 1.807) is 0 Å². The Kier molecular flexibility index (Phi) is 33.4. The van der Waals surface area contributed by atoms with Gasteiger partial charge in [0, 0.05) is 12.8 Å². The summed E-state index contributed by atoms with van der Waals surface area (Å²) in [7, 11) is -4.75. The normalized spacial score (nSPS) is 13.0. The number of carbonyl (C=O) groups is 2. The van der Waals surface area contributed by atoms with Crippen LogP contribution in [0.1, 0.15) is 168 Å². The first-order chi connectivity index (χ1) is 23.3. The van der Waals surface area contributed by atoms with Crippen molar-refractivity contribution in [2.24, 2.45) is 0 Å². The molecule has 2 N–H and O–H groups in total. The van der Waals surface area contributed by atoms with E-state index in [1.165, 1.54) is 70.6 Å². The Morgan fingerprint density at radius 3 is 1.44 bits per heavy atom. The largest absolute Gasteiger partial charge is 0.469 e. The van der Waals surface area contributed by atoms with Gasteiger partial charge < -0.3 is 19.3 Å². The molecular formula is C39H69O8P. The number of ether oxygens (including phenoxy) is 2. The lowest BCUT2D eigenvalue weighted by atomic mass is 10.1. The Bertz CT molecular complexity index is 921. The van der Waals surface area contributed by atoms with E-state index in [9.17, 15) is 14.2 Å². The first kappa shape index (κ1) is 46.0. The summed E-state index contributed by atoms with van der Waals surface area (Å²) in [6.45, 7) is 3.60. The molecule has 0 fully saturated rings. The van der Waals surface area contributed by atoms with Gasteiger partial charge in [-0.05, 0) is 57.8 Å². The van der Waals surface area contributed by atoms with Crippen molar-refractivity contribution >= 4 is 19.8 Å². The van der Waals surface area contributed by atoms with Crippen LogP contribution in [0, 0.1) is 0 Å². The van der Waals surface area contributed by atoms with Crippen molar-refractivity contribution in [3.8, 4) is 0 Å². The third-order valence-electron chi connectivity index (χ3n) is 7.85. The first-order valence-electron chi connectivity index (χ1n) is 18.9. The Morgan fingerprint density at radius 2 is 0.938 bits per heavy atom. The molecule has 8 nitrogen and oxygen atoms in total.